The van der Waals surface area contributed by atoms with Gasteiger partial charge in [0.2, 0.25) is 5.95 Å². The van der Waals surface area contributed by atoms with Gasteiger partial charge in [0.25, 0.3) is 0 Å². The van der Waals surface area contributed by atoms with E-state index >= 15 is 0 Å². The minimum absolute atomic E-state index is 0.248. The number of aryl methyl sites for hydroxylation is 1. The molecule has 0 spiro atoms. The monoisotopic (exact) mass is 209 g/mol. The van der Waals surface area contributed by atoms with Gasteiger partial charge in [-0.2, -0.15) is 0 Å². The molecular formula is C11H19N3O. The van der Waals surface area contributed by atoms with Crippen LogP contribution in [0.15, 0.2) is 12.4 Å². The Morgan fingerprint density at radius 3 is 2.40 bits per heavy atom. The highest BCUT2D eigenvalue weighted by Gasteiger charge is 2.13. The fraction of sp³-hybridized carbons (Fsp3) is 0.636. The normalized spacial score (nSPS) is 12.9. The summed E-state index contributed by atoms with van der Waals surface area (Å²) in [6.45, 7) is 6.92. The first-order valence-corrected chi connectivity index (χ1v) is 5.17. The van der Waals surface area contributed by atoms with Crippen molar-refractivity contribution in [1.29, 1.82) is 0 Å². The molecule has 0 saturated carbocycles. The summed E-state index contributed by atoms with van der Waals surface area (Å²) in [6.07, 6.45) is 3.61. The van der Waals surface area contributed by atoms with Crippen LogP contribution in [0.4, 0.5) is 5.95 Å². The Hall–Kier alpha value is -1.16. The molecule has 0 fully saturated rings. The second-order valence-electron chi connectivity index (χ2n) is 4.03. The molecule has 1 rings (SSSR count). The third-order valence-electron chi connectivity index (χ3n) is 2.25. The summed E-state index contributed by atoms with van der Waals surface area (Å²) in [7, 11) is 1.70. The van der Waals surface area contributed by atoms with Crippen molar-refractivity contribution < 1.29 is 4.74 Å². The Balaban J connectivity index is 2.61. The second kappa shape index (κ2) is 5.66. The predicted molar refractivity (Wildman–Crippen MR) is 60.9 cm³/mol. The lowest BCUT2D eigenvalue weighted by Gasteiger charge is -2.21. The fourth-order valence-electron chi connectivity index (χ4n) is 1.21. The van der Waals surface area contributed by atoms with E-state index in [0.717, 1.165) is 5.56 Å². The molecular weight excluding hydrogens is 190 g/mol. The molecule has 0 aromatic carbocycles. The lowest BCUT2D eigenvalue weighted by atomic mass is 10.1. The van der Waals surface area contributed by atoms with Gasteiger partial charge in [-0.05, 0) is 18.4 Å². The molecule has 1 aromatic heterocycles. The van der Waals surface area contributed by atoms with Crippen LogP contribution in [0, 0.1) is 12.8 Å². The topological polar surface area (TPSA) is 47.0 Å². The van der Waals surface area contributed by atoms with Crippen LogP contribution in [-0.2, 0) is 4.74 Å². The highest BCUT2D eigenvalue weighted by atomic mass is 16.5. The average Bonchev–Trinajstić information content (AvgIpc) is 2.20. The number of nitrogens with zero attached hydrogens (tertiary/aromatic N) is 2. The van der Waals surface area contributed by atoms with Gasteiger partial charge in [0.05, 0.1) is 12.6 Å². The van der Waals surface area contributed by atoms with Crippen LogP contribution in [0.1, 0.15) is 19.4 Å². The van der Waals surface area contributed by atoms with E-state index < -0.39 is 0 Å². The molecule has 0 aliphatic rings. The average molecular weight is 209 g/mol. The third-order valence-corrected chi connectivity index (χ3v) is 2.25. The largest absolute Gasteiger partial charge is 0.383 e. The maximum Gasteiger partial charge on any atom is 0.222 e. The fourth-order valence-corrected chi connectivity index (χ4v) is 1.21. The summed E-state index contributed by atoms with van der Waals surface area (Å²) in [5.41, 5.74) is 1.06. The third kappa shape index (κ3) is 3.83. The van der Waals surface area contributed by atoms with Crippen molar-refractivity contribution in [3.63, 3.8) is 0 Å². The Morgan fingerprint density at radius 1 is 1.33 bits per heavy atom. The SMILES string of the molecule is COCC(Nc1ncc(C)cn1)C(C)C. The van der Waals surface area contributed by atoms with Gasteiger partial charge in [0.15, 0.2) is 0 Å². The van der Waals surface area contributed by atoms with Gasteiger partial charge >= 0.3 is 0 Å². The molecule has 0 aliphatic heterocycles. The quantitative estimate of drug-likeness (QED) is 0.804. The molecule has 84 valence electrons. The van der Waals surface area contributed by atoms with Gasteiger partial charge in [-0.15, -0.1) is 0 Å². The van der Waals surface area contributed by atoms with Gasteiger partial charge in [-0.1, -0.05) is 13.8 Å². The van der Waals surface area contributed by atoms with E-state index in [2.05, 4.69) is 29.1 Å². The van der Waals surface area contributed by atoms with Crippen LogP contribution in [0.5, 0.6) is 0 Å². The van der Waals surface area contributed by atoms with Gasteiger partial charge in [0.1, 0.15) is 0 Å². The van der Waals surface area contributed by atoms with Crippen molar-refractivity contribution in [3.05, 3.63) is 18.0 Å². The first kappa shape index (κ1) is 11.9. The highest BCUT2D eigenvalue weighted by molar-refractivity contribution is 5.26. The Labute approximate surface area is 91.1 Å². The molecule has 0 aliphatic carbocycles. The maximum absolute atomic E-state index is 5.14. The van der Waals surface area contributed by atoms with Gasteiger partial charge in [-0.3, -0.25) is 0 Å². The van der Waals surface area contributed by atoms with Crippen LogP contribution in [-0.4, -0.2) is 29.7 Å². The number of hydrogen-bond acceptors (Lipinski definition) is 4. The number of rotatable bonds is 5. The molecule has 15 heavy (non-hydrogen) atoms. The molecule has 0 saturated heterocycles. The Morgan fingerprint density at radius 2 is 1.93 bits per heavy atom. The minimum Gasteiger partial charge on any atom is -0.383 e. The Bertz CT molecular complexity index is 284. The van der Waals surface area contributed by atoms with Crippen LogP contribution in [0.2, 0.25) is 0 Å². The summed E-state index contributed by atoms with van der Waals surface area (Å²) in [6, 6.07) is 0.248. The molecule has 4 heteroatoms. The van der Waals surface area contributed by atoms with Crippen molar-refractivity contribution in [2.24, 2.45) is 5.92 Å². The molecule has 0 amide bonds. The summed E-state index contributed by atoms with van der Waals surface area (Å²) in [4.78, 5) is 8.41. The number of aromatic nitrogens is 2. The smallest absolute Gasteiger partial charge is 0.222 e. The molecule has 1 N–H and O–H groups in total. The van der Waals surface area contributed by atoms with E-state index in [1.165, 1.54) is 0 Å². The second-order valence-corrected chi connectivity index (χ2v) is 4.03. The van der Waals surface area contributed by atoms with Crippen molar-refractivity contribution in [3.8, 4) is 0 Å². The number of nitrogens with one attached hydrogen (secondary N) is 1. The van der Waals surface area contributed by atoms with E-state index in [4.69, 9.17) is 4.74 Å². The molecule has 4 nitrogen and oxygen atoms in total. The number of ether oxygens (including phenoxy) is 1. The molecule has 1 unspecified atom stereocenters. The van der Waals surface area contributed by atoms with E-state index in [-0.39, 0.29) is 6.04 Å². The molecule has 0 bridgehead atoms. The van der Waals surface area contributed by atoms with Gasteiger partial charge in [-0.25, -0.2) is 9.97 Å². The lowest BCUT2D eigenvalue weighted by Crippen LogP contribution is -2.31. The number of hydrogen-bond donors (Lipinski definition) is 1. The zero-order chi connectivity index (χ0) is 11.3. The first-order valence-electron chi connectivity index (χ1n) is 5.17. The van der Waals surface area contributed by atoms with Gasteiger partial charge in [0, 0.05) is 19.5 Å². The maximum atomic E-state index is 5.14. The zero-order valence-corrected chi connectivity index (χ0v) is 9.82. The van der Waals surface area contributed by atoms with E-state index in [1.807, 2.05) is 6.92 Å². The number of methoxy groups -OCH3 is 1. The van der Waals surface area contributed by atoms with E-state index in [0.29, 0.717) is 18.5 Å². The van der Waals surface area contributed by atoms with Crippen molar-refractivity contribution in [2.45, 2.75) is 26.8 Å². The summed E-state index contributed by atoms with van der Waals surface area (Å²) >= 11 is 0. The summed E-state index contributed by atoms with van der Waals surface area (Å²) in [5, 5.41) is 3.26. The van der Waals surface area contributed by atoms with Crippen molar-refractivity contribution in [1.82, 2.24) is 9.97 Å². The Kier molecular flexibility index (Phi) is 4.49. The van der Waals surface area contributed by atoms with Crippen LogP contribution >= 0.6 is 0 Å². The van der Waals surface area contributed by atoms with Crippen LogP contribution < -0.4 is 5.32 Å². The van der Waals surface area contributed by atoms with Crippen molar-refractivity contribution >= 4 is 5.95 Å². The summed E-state index contributed by atoms with van der Waals surface area (Å²) in [5.74, 6) is 1.14. The summed E-state index contributed by atoms with van der Waals surface area (Å²) < 4.78 is 5.14. The van der Waals surface area contributed by atoms with Crippen LogP contribution in [0.25, 0.3) is 0 Å². The molecule has 0 radical (unpaired) electrons. The standard InChI is InChI=1S/C11H19N3O/c1-8(2)10(7-15-4)14-11-12-5-9(3)6-13-11/h5-6,8,10H,7H2,1-4H3,(H,12,13,14). The molecule has 1 atom stereocenters. The molecule has 1 aromatic rings. The van der Waals surface area contributed by atoms with E-state index in [1.54, 1.807) is 19.5 Å². The molecule has 1 heterocycles. The zero-order valence-electron chi connectivity index (χ0n) is 9.82. The lowest BCUT2D eigenvalue weighted by molar-refractivity contribution is 0.171. The van der Waals surface area contributed by atoms with E-state index in [9.17, 15) is 0 Å². The highest BCUT2D eigenvalue weighted by Crippen LogP contribution is 2.08. The predicted octanol–water partition coefficient (Wildman–Crippen LogP) is 1.87. The minimum atomic E-state index is 0.248. The van der Waals surface area contributed by atoms with Crippen molar-refractivity contribution in [2.75, 3.05) is 19.0 Å². The van der Waals surface area contributed by atoms with Crippen LogP contribution in [0.3, 0.4) is 0 Å². The number of anilines is 1. The van der Waals surface area contributed by atoms with Gasteiger partial charge < -0.3 is 10.1 Å². The first-order chi connectivity index (χ1) is 7.13.